The van der Waals surface area contributed by atoms with Crippen molar-refractivity contribution < 1.29 is 22.7 Å². The van der Waals surface area contributed by atoms with E-state index in [0.717, 1.165) is 22.2 Å². The molecule has 5 aromatic rings. The van der Waals surface area contributed by atoms with Gasteiger partial charge < -0.3 is 19.5 Å². The summed E-state index contributed by atoms with van der Waals surface area (Å²) in [5, 5.41) is 10.4. The normalized spacial score (nSPS) is 14.4. The van der Waals surface area contributed by atoms with Gasteiger partial charge in [0.05, 0.1) is 31.0 Å². The maximum absolute atomic E-state index is 14.6. The summed E-state index contributed by atoms with van der Waals surface area (Å²) < 4.78 is 48.2. The summed E-state index contributed by atoms with van der Waals surface area (Å²) >= 11 is 0. The monoisotopic (exact) mass is 533 g/mol. The van der Waals surface area contributed by atoms with Crippen LogP contribution in [0.15, 0.2) is 67.1 Å². The van der Waals surface area contributed by atoms with E-state index in [2.05, 4.69) is 25.5 Å². The van der Waals surface area contributed by atoms with Crippen molar-refractivity contribution in [2.24, 2.45) is 0 Å². The number of nitrogens with one attached hydrogen (secondary N) is 2. The molecule has 9 nitrogen and oxygen atoms in total. The number of rotatable bonds is 7. The highest BCUT2D eigenvalue weighted by Crippen LogP contribution is 2.32. The second-order valence-corrected chi connectivity index (χ2v) is 9.25. The van der Waals surface area contributed by atoms with Gasteiger partial charge in [-0.05, 0) is 29.8 Å². The number of aromatic nitrogens is 5. The summed E-state index contributed by atoms with van der Waals surface area (Å²) in [6.07, 6.45) is 4.57. The van der Waals surface area contributed by atoms with Crippen molar-refractivity contribution >= 4 is 28.3 Å². The van der Waals surface area contributed by atoms with Gasteiger partial charge in [0.25, 0.3) is 11.8 Å². The van der Waals surface area contributed by atoms with Crippen LogP contribution in [0.3, 0.4) is 0 Å². The number of amides is 1. The Morgan fingerprint density at radius 2 is 1.85 bits per heavy atom. The molecule has 198 valence electrons. The summed E-state index contributed by atoms with van der Waals surface area (Å²) in [7, 11) is 1.48. The average Bonchev–Trinajstić information content (AvgIpc) is 3.57. The smallest absolute Gasteiger partial charge is 0.282 e. The number of benzene rings is 2. The van der Waals surface area contributed by atoms with E-state index < -0.39 is 30.7 Å². The van der Waals surface area contributed by atoms with Gasteiger partial charge >= 0.3 is 0 Å². The third-order valence-corrected chi connectivity index (χ3v) is 6.49. The zero-order valence-electron chi connectivity index (χ0n) is 20.7. The molecule has 2 aromatic carbocycles. The third kappa shape index (κ3) is 4.70. The van der Waals surface area contributed by atoms with Gasteiger partial charge in [-0.2, -0.15) is 5.10 Å². The van der Waals surface area contributed by atoms with E-state index in [0.29, 0.717) is 22.2 Å². The molecule has 12 heteroatoms. The number of ether oxygens (including phenoxy) is 1. The van der Waals surface area contributed by atoms with Gasteiger partial charge in [0, 0.05) is 35.5 Å². The molecule has 1 aliphatic rings. The highest BCUT2D eigenvalue weighted by molar-refractivity contribution is 6.00. The number of anilines is 2. The number of aromatic amines is 1. The predicted octanol–water partition coefficient (Wildman–Crippen LogP) is 5.07. The standard InChI is InChI=1S/C27H22F3N7O2/c1-39-15-37-22-9-18(3-2-17(22)8-23(37)26(38)36-13-27(29,30)14-36)24-31-12-21(28)25(35-24)34-20-6-4-16(5-7-20)19-10-32-33-11-19/h2-12H,13-15H2,1H3,(H,32,33)(H,31,34,35). The maximum Gasteiger partial charge on any atom is 0.282 e. The second-order valence-electron chi connectivity index (χ2n) is 9.25. The number of fused-ring (bicyclic) bond motifs is 1. The van der Waals surface area contributed by atoms with Gasteiger partial charge in [0.2, 0.25) is 0 Å². The zero-order chi connectivity index (χ0) is 27.1. The highest BCUT2D eigenvalue weighted by atomic mass is 19.3. The Hall–Kier alpha value is -4.71. The van der Waals surface area contributed by atoms with Crippen molar-refractivity contribution in [1.29, 1.82) is 0 Å². The molecule has 0 aliphatic carbocycles. The lowest BCUT2D eigenvalue weighted by Crippen LogP contribution is -2.58. The Morgan fingerprint density at radius 3 is 2.54 bits per heavy atom. The predicted molar refractivity (Wildman–Crippen MR) is 138 cm³/mol. The average molecular weight is 534 g/mol. The van der Waals surface area contributed by atoms with Crippen molar-refractivity contribution in [3.05, 3.63) is 78.6 Å². The topological polar surface area (TPSA) is 101 Å². The van der Waals surface area contributed by atoms with E-state index in [-0.39, 0.29) is 24.1 Å². The summed E-state index contributed by atoms with van der Waals surface area (Å²) in [5.41, 5.74) is 3.95. The molecule has 0 bridgehead atoms. The van der Waals surface area contributed by atoms with Crippen molar-refractivity contribution in [3.63, 3.8) is 0 Å². The summed E-state index contributed by atoms with van der Waals surface area (Å²) in [6, 6.07) is 14.3. The lowest BCUT2D eigenvalue weighted by molar-refractivity contribution is -0.113. The summed E-state index contributed by atoms with van der Waals surface area (Å²) in [4.78, 5) is 22.6. The van der Waals surface area contributed by atoms with E-state index in [1.807, 2.05) is 12.1 Å². The van der Waals surface area contributed by atoms with Gasteiger partial charge in [-0.1, -0.05) is 24.3 Å². The van der Waals surface area contributed by atoms with Crippen LogP contribution in [0.5, 0.6) is 0 Å². The molecule has 2 N–H and O–H groups in total. The van der Waals surface area contributed by atoms with Gasteiger partial charge in [-0.15, -0.1) is 0 Å². The Labute approximate surface area is 220 Å². The SMILES string of the molecule is COCn1c(C(=O)N2CC(F)(F)C2)cc2ccc(-c3ncc(F)c(Nc4ccc(-c5cn[nH]c5)cc4)n3)cc21. The van der Waals surface area contributed by atoms with Gasteiger partial charge in [-0.25, -0.2) is 23.1 Å². The number of hydrogen-bond acceptors (Lipinski definition) is 6. The molecule has 1 amide bonds. The molecule has 0 spiro atoms. The van der Waals surface area contributed by atoms with Crippen LogP contribution in [0.1, 0.15) is 10.5 Å². The van der Waals surface area contributed by atoms with E-state index in [4.69, 9.17) is 4.74 Å². The van der Waals surface area contributed by atoms with Crippen LogP contribution in [0, 0.1) is 5.82 Å². The number of H-pyrrole nitrogens is 1. The largest absolute Gasteiger partial charge is 0.364 e. The first kappa shape index (κ1) is 24.6. The summed E-state index contributed by atoms with van der Waals surface area (Å²) in [6.45, 7) is -1.20. The molecule has 1 saturated heterocycles. The zero-order valence-corrected chi connectivity index (χ0v) is 20.7. The number of carbonyl (C=O) groups is 1. The Kier molecular flexibility index (Phi) is 6.03. The van der Waals surface area contributed by atoms with Gasteiger partial charge in [0.15, 0.2) is 17.5 Å². The first-order valence-electron chi connectivity index (χ1n) is 12.0. The number of hydrogen-bond donors (Lipinski definition) is 2. The molecule has 39 heavy (non-hydrogen) atoms. The van der Waals surface area contributed by atoms with Crippen LogP contribution in [0.25, 0.3) is 33.4 Å². The fourth-order valence-corrected chi connectivity index (χ4v) is 4.54. The summed E-state index contributed by atoms with van der Waals surface area (Å²) in [5.74, 6) is -3.73. The van der Waals surface area contributed by atoms with Crippen LogP contribution in [0.2, 0.25) is 0 Å². The van der Waals surface area contributed by atoms with Crippen molar-refractivity contribution in [3.8, 4) is 22.5 Å². The number of carbonyl (C=O) groups excluding carboxylic acids is 1. The molecule has 3 aromatic heterocycles. The minimum absolute atomic E-state index is 0.00184. The fraction of sp³-hybridized carbons (Fsp3) is 0.185. The minimum Gasteiger partial charge on any atom is -0.364 e. The van der Waals surface area contributed by atoms with Gasteiger partial charge in [0.1, 0.15) is 12.4 Å². The molecule has 0 atom stereocenters. The van der Waals surface area contributed by atoms with E-state index >= 15 is 0 Å². The molecule has 1 aliphatic heterocycles. The van der Waals surface area contributed by atoms with Crippen LogP contribution < -0.4 is 5.32 Å². The van der Waals surface area contributed by atoms with Crippen LogP contribution in [-0.4, -0.2) is 61.7 Å². The number of nitrogens with zero attached hydrogens (tertiary/aromatic N) is 5. The number of halogens is 3. The molecule has 4 heterocycles. The van der Waals surface area contributed by atoms with Crippen molar-refractivity contribution in [1.82, 2.24) is 29.6 Å². The molecule has 1 fully saturated rings. The number of likely N-dealkylation sites (tertiary alicyclic amines) is 1. The molecular weight excluding hydrogens is 511 g/mol. The molecular formula is C27H22F3N7O2. The van der Waals surface area contributed by atoms with E-state index in [1.54, 1.807) is 53.4 Å². The lowest BCUT2D eigenvalue weighted by Gasteiger charge is -2.38. The van der Waals surface area contributed by atoms with Crippen LogP contribution in [0.4, 0.5) is 24.7 Å². The first-order chi connectivity index (χ1) is 18.8. The fourth-order valence-electron chi connectivity index (χ4n) is 4.54. The van der Waals surface area contributed by atoms with Gasteiger partial charge in [-0.3, -0.25) is 9.89 Å². The number of alkyl halides is 2. The Balaban J connectivity index is 1.30. The highest BCUT2D eigenvalue weighted by Gasteiger charge is 2.47. The molecule has 0 radical (unpaired) electrons. The van der Waals surface area contributed by atoms with Crippen molar-refractivity contribution in [2.45, 2.75) is 12.7 Å². The lowest BCUT2D eigenvalue weighted by atomic mass is 10.1. The quantitative estimate of drug-likeness (QED) is 0.303. The van der Waals surface area contributed by atoms with Crippen molar-refractivity contribution in [2.75, 3.05) is 25.5 Å². The van der Waals surface area contributed by atoms with Crippen LogP contribution >= 0.6 is 0 Å². The Morgan fingerprint density at radius 1 is 1.08 bits per heavy atom. The van der Waals surface area contributed by atoms with E-state index in [1.165, 1.54) is 7.11 Å². The number of methoxy groups -OCH3 is 1. The third-order valence-electron chi connectivity index (χ3n) is 6.49. The molecule has 0 unspecified atom stereocenters. The van der Waals surface area contributed by atoms with Crippen LogP contribution in [-0.2, 0) is 11.5 Å². The second kappa shape index (κ2) is 9.55. The molecule has 0 saturated carbocycles. The first-order valence-corrected chi connectivity index (χ1v) is 12.0. The van der Waals surface area contributed by atoms with E-state index in [9.17, 15) is 18.0 Å². The molecule has 6 rings (SSSR count). The maximum atomic E-state index is 14.6. The minimum atomic E-state index is -2.87. The Bertz CT molecular complexity index is 1660.